The van der Waals surface area contributed by atoms with Crippen molar-refractivity contribution in [1.82, 2.24) is 20.5 Å². The van der Waals surface area contributed by atoms with Crippen LogP contribution in [0.5, 0.6) is 0 Å². The quantitative estimate of drug-likeness (QED) is 0.505. The fourth-order valence-corrected chi connectivity index (χ4v) is 6.81. The van der Waals surface area contributed by atoms with Gasteiger partial charge in [-0.15, -0.1) is 11.8 Å². The van der Waals surface area contributed by atoms with Gasteiger partial charge in [-0.1, -0.05) is 17.4 Å². The van der Waals surface area contributed by atoms with E-state index in [4.69, 9.17) is 4.98 Å². The van der Waals surface area contributed by atoms with Gasteiger partial charge in [-0.2, -0.15) is 5.10 Å². The summed E-state index contributed by atoms with van der Waals surface area (Å²) in [6.45, 7) is 4.29. The summed E-state index contributed by atoms with van der Waals surface area (Å²) in [5, 5.41) is 16.1. The van der Waals surface area contributed by atoms with Crippen LogP contribution in [0.2, 0.25) is 0 Å². The highest BCUT2D eigenvalue weighted by molar-refractivity contribution is 8.00. The number of hydrogen-bond donors (Lipinski definition) is 3. The molecule has 30 heavy (non-hydrogen) atoms. The molecule has 3 aromatic rings. The van der Waals surface area contributed by atoms with E-state index >= 15 is 0 Å². The van der Waals surface area contributed by atoms with Gasteiger partial charge in [0.25, 0.3) is 0 Å². The number of thiazole rings is 1. The van der Waals surface area contributed by atoms with E-state index in [1.165, 1.54) is 33.3 Å². The number of fused-ring (bicyclic) bond motifs is 1. The lowest BCUT2D eigenvalue weighted by molar-refractivity contribution is 0.652. The lowest BCUT2D eigenvalue weighted by atomic mass is 10.2. The van der Waals surface area contributed by atoms with Crippen molar-refractivity contribution in [2.24, 2.45) is 11.8 Å². The molecule has 0 spiro atoms. The van der Waals surface area contributed by atoms with Crippen LogP contribution in [0.25, 0.3) is 10.4 Å². The molecule has 0 amide bonds. The van der Waals surface area contributed by atoms with E-state index in [-0.39, 0.29) is 0 Å². The number of benzene rings is 1. The first-order valence-corrected chi connectivity index (χ1v) is 12.4. The summed E-state index contributed by atoms with van der Waals surface area (Å²) in [7, 11) is 2.08. The van der Waals surface area contributed by atoms with E-state index in [1.54, 1.807) is 0 Å². The number of nitrogens with one attached hydrogen (secondary N) is 3. The Balaban J connectivity index is 1.24. The summed E-state index contributed by atoms with van der Waals surface area (Å²) in [5.74, 6) is 2.47. The molecule has 6 nitrogen and oxygen atoms in total. The van der Waals surface area contributed by atoms with Crippen LogP contribution in [0.1, 0.15) is 18.5 Å². The standard InChI is InChI=1S/C22H26N6S2/c1-12-7-20(27-26-12)25-13-3-6-15(18(8-13)29-14-4-5-14)19-9-24-22(30-19)28-10-16-17(11-28)21(16)23-2/h3,6-9,14,16-17,21,23H,4-5,10-11H2,1-2H3,(H2,25,26,27). The van der Waals surface area contributed by atoms with Gasteiger partial charge in [0.1, 0.15) is 0 Å². The summed E-state index contributed by atoms with van der Waals surface area (Å²) in [4.78, 5) is 9.87. The third-order valence-corrected chi connectivity index (χ3v) is 8.82. The normalized spacial score (nSPS) is 24.9. The van der Waals surface area contributed by atoms with Crippen LogP contribution >= 0.6 is 23.1 Å². The number of piperidine rings is 1. The maximum atomic E-state index is 4.79. The number of aromatic nitrogens is 3. The van der Waals surface area contributed by atoms with Crippen molar-refractivity contribution in [2.45, 2.75) is 36.0 Å². The minimum atomic E-state index is 0.723. The maximum absolute atomic E-state index is 4.79. The Kier molecular flexibility index (Phi) is 4.54. The minimum Gasteiger partial charge on any atom is -0.347 e. The molecule has 6 rings (SSSR count). The zero-order chi connectivity index (χ0) is 20.2. The first-order chi connectivity index (χ1) is 14.7. The second kappa shape index (κ2) is 7.28. The van der Waals surface area contributed by atoms with Crippen LogP contribution < -0.4 is 15.5 Å². The molecule has 8 heteroatoms. The molecule has 2 aliphatic carbocycles. The largest absolute Gasteiger partial charge is 0.347 e. The van der Waals surface area contributed by atoms with Gasteiger partial charge in [0.2, 0.25) is 0 Å². The molecule has 2 aromatic heterocycles. The van der Waals surface area contributed by atoms with E-state index in [1.807, 2.05) is 36.1 Å². The average Bonchev–Trinajstić information content (AvgIpc) is 3.44. The number of hydrogen-bond acceptors (Lipinski definition) is 7. The molecule has 2 unspecified atom stereocenters. The summed E-state index contributed by atoms with van der Waals surface area (Å²) >= 11 is 3.83. The summed E-state index contributed by atoms with van der Waals surface area (Å²) in [6, 6.07) is 9.40. The van der Waals surface area contributed by atoms with Crippen LogP contribution in [0.15, 0.2) is 35.4 Å². The lowest BCUT2D eigenvalue weighted by Gasteiger charge is -2.18. The van der Waals surface area contributed by atoms with E-state index in [9.17, 15) is 0 Å². The van der Waals surface area contributed by atoms with Crippen molar-refractivity contribution < 1.29 is 0 Å². The summed E-state index contributed by atoms with van der Waals surface area (Å²) in [5.41, 5.74) is 3.44. The molecule has 3 aliphatic rings. The van der Waals surface area contributed by atoms with Crippen molar-refractivity contribution in [2.75, 3.05) is 30.4 Å². The van der Waals surface area contributed by atoms with Crippen LogP contribution in [-0.2, 0) is 0 Å². The minimum absolute atomic E-state index is 0.723. The molecule has 3 N–H and O–H groups in total. The molecule has 1 aliphatic heterocycles. The van der Waals surface area contributed by atoms with Gasteiger partial charge in [-0.25, -0.2) is 4.98 Å². The highest BCUT2D eigenvalue weighted by atomic mass is 32.2. The number of aryl methyl sites for hydroxylation is 1. The number of thioether (sulfide) groups is 1. The molecule has 1 saturated heterocycles. The van der Waals surface area contributed by atoms with Crippen molar-refractivity contribution >= 4 is 39.7 Å². The van der Waals surface area contributed by atoms with E-state index in [0.717, 1.165) is 53.4 Å². The average molecular weight is 439 g/mol. The summed E-state index contributed by atoms with van der Waals surface area (Å²) < 4.78 is 0. The van der Waals surface area contributed by atoms with Crippen LogP contribution in [-0.4, -0.2) is 46.6 Å². The van der Waals surface area contributed by atoms with E-state index in [2.05, 4.69) is 57.2 Å². The SMILES string of the molecule is CNC1C2CN(c3ncc(-c4ccc(Nc5cc(C)[nH]n5)cc4SC4CC4)s3)CC21. The van der Waals surface area contributed by atoms with Gasteiger partial charge in [0.05, 0.1) is 4.88 Å². The molecule has 3 fully saturated rings. The highest BCUT2D eigenvalue weighted by Crippen LogP contribution is 2.49. The molecule has 2 atom stereocenters. The Bertz CT molecular complexity index is 1060. The number of aromatic amines is 1. The van der Waals surface area contributed by atoms with Crippen molar-refractivity contribution in [3.8, 4) is 10.4 Å². The first kappa shape index (κ1) is 18.7. The van der Waals surface area contributed by atoms with Crippen LogP contribution in [0.3, 0.4) is 0 Å². The number of anilines is 3. The van der Waals surface area contributed by atoms with E-state index in [0.29, 0.717) is 0 Å². The number of H-pyrrole nitrogens is 1. The van der Waals surface area contributed by atoms with Crippen molar-refractivity contribution in [1.29, 1.82) is 0 Å². The second-order valence-corrected chi connectivity index (χ2v) is 11.0. The predicted octanol–water partition coefficient (Wildman–Crippen LogP) is 4.49. The first-order valence-electron chi connectivity index (χ1n) is 10.7. The molecule has 2 saturated carbocycles. The van der Waals surface area contributed by atoms with Gasteiger partial charge < -0.3 is 15.5 Å². The molecule has 156 valence electrons. The van der Waals surface area contributed by atoms with Gasteiger partial charge in [-0.05, 0) is 50.8 Å². The Morgan fingerprint density at radius 3 is 2.73 bits per heavy atom. The molecule has 1 aromatic carbocycles. The smallest absolute Gasteiger partial charge is 0.185 e. The van der Waals surface area contributed by atoms with E-state index < -0.39 is 0 Å². The fraction of sp³-hybridized carbons (Fsp3) is 0.455. The second-order valence-electron chi connectivity index (χ2n) is 8.64. The fourth-order valence-electron chi connectivity index (χ4n) is 4.54. The summed E-state index contributed by atoms with van der Waals surface area (Å²) in [6.07, 6.45) is 4.70. The van der Waals surface area contributed by atoms with Crippen molar-refractivity contribution in [3.63, 3.8) is 0 Å². The van der Waals surface area contributed by atoms with Gasteiger partial charge in [-0.3, -0.25) is 5.10 Å². The Morgan fingerprint density at radius 2 is 2.03 bits per heavy atom. The molecule has 0 bridgehead atoms. The number of nitrogens with zero attached hydrogens (tertiary/aromatic N) is 3. The molecule has 0 radical (unpaired) electrons. The van der Waals surface area contributed by atoms with Crippen molar-refractivity contribution in [3.05, 3.63) is 36.2 Å². The predicted molar refractivity (Wildman–Crippen MR) is 125 cm³/mol. The topological polar surface area (TPSA) is 68.9 Å². The Labute approximate surface area is 184 Å². The molecular formula is C22H26N6S2. The highest BCUT2D eigenvalue weighted by Gasteiger charge is 2.55. The zero-order valence-electron chi connectivity index (χ0n) is 17.2. The molecule has 3 heterocycles. The third kappa shape index (κ3) is 3.50. The van der Waals surface area contributed by atoms with Crippen LogP contribution in [0.4, 0.5) is 16.6 Å². The molecular weight excluding hydrogens is 412 g/mol. The zero-order valence-corrected chi connectivity index (χ0v) is 18.8. The van der Waals surface area contributed by atoms with Gasteiger partial charge in [0.15, 0.2) is 10.9 Å². The monoisotopic (exact) mass is 438 g/mol. The Hall–Kier alpha value is -2.03. The third-order valence-electron chi connectivity index (χ3n) is 6.33. The lowest BCUT2D eigenvalue weighted by Crippen LogP contribution is -2.29. The number of rotatable bonds is 7. The van der Waals surface area contributed by atoms with Crippen LogP contribution in [0, 0.1) is 18.8 Å². The van der Waals surface area contributed by atoms with Gasteiger partial charge in [0, 0.05) is 58.5 Å². The Morgan fingerprint density at radius 1 is 1.20 bits per heavy atom. The van der Waals surface area contributed by atoms with Gasteiger partial charge >= 0.3 is 0 Å². The maximum Gasteiger partial charge on any atom is 0.185 e.